The Hall–Kier alpha value is -3.10. The number of amides is 1. The summed E-state index contributed by atoms with van der Waals surface area (Å²) in [6, 6.07) is 15.2. The summed E-state index contributed by atoms with van der Waals surface area (Å²) in [6.07, 6.45) is 1.49. The van der Waals surface area contributed by atoms with Gasteiger partial charge in [-0.2, -0.15) is 0 Å². The van der Waals surface area contributed by atoms with Crippen LogP contribution in [0, 0.1) is 0 Å². The molecule has 2 heterocycles. The molecule has 1 N–H and O–H groups in total. The normalized spacial score (nSPS) is 11.3. The summed E-state index contributed by atoms with van der Waals surface area (Å²) in [5, 5.41) is 4.26. The zero-order valence-electron chi connectivity index (χ0n) is 18.8. The first-order valence-corrected chi connectivity index (χ1v) is 12.1. The van der Waals surface area contributed by atoms with Crippen molar-refractivity contribution in [3.8, 4) is 0 Å². The van der Waals surface area contributed by atoms with Crippen LogP contribution in [-0.4, -0.2) is 34.4 Å². The van der Waals surface area contributed by atoms with Gasteiger partial charge in [0, 0.05) is 30.8 Å². The van der Waals surface area contributed by atoms with Gasteiger partial charge in [-0.05, 0) is 43.5 Å². The van der Waals surface area contributed by atoms with E-state index in [9.17, 15) is 9.59 Å². The number of furan rings is 1. The van der Waals surface area contributed by atoms with E-state index in [0.29, 0.717) is 42.4 Å². The van der Waals surface area contributed by atoms with E-state index in [1.165, 1.54) is 11.8 Å². The number of hydrogen-bond donors (Lipinski definition) is 1. The van der Waals surface area contributed by atoms with Gasteiger partial charge in [0.15, 0.2) is 5.16 Å². The van der Waals surface area contributed by atoms with Gasteiger partial charge in [-0.3, -0.25) is 14.2 Å². The molecule has 4 aromatic rings. The molecule has 172 valence electrons. The van der Waals surface area contributed by atoms with Crippen molar-refractivity contribution in [2.24, 2.45) is 0 Å². The number of ether oxygens (including phenoxy) is 1. The lowest BCUT2D eigenvalue weighted by Gasteiger charge is -2.12. The quantitative estimate of drug-likeness (QED) is 0.204. The fraction of sp³-hybridized carbons (Fsp3) is 0.320. The molecule has 0 spiro atoms. The van der Waals surface area contributed by atoms with Crippen LogP contribution in [0.3, 0.4) is 0 Å². The largest absolute Gasteiger partial charge is 0.448 e. The lowest BCUT2D eigenvalue weighted by atomic mass is 10.1. The first kappa shape index (κ1) is 23.1. The number of aromatic nitrogens is 2. The Kier molecular flexibility index (Phi) is 7.47. The minimum absolute atomic E-state index is 0.136. The number of aryl methyl sites for hydroxylation is 1. The van der Waals surface area contributed by atoms with Crippen LogP contribution in [0.1, 0.15) is 25.8 Å². The minimum Gasteiger partial charge on any atom is -0.448 e. The van der Waals surface area contributed by atoms with Gasteiger partial charge >= 0.3 is 0 Å². The van der Waals surface area contributed by atoms with Crippen LogP contribution in [0.4, 0.5) is 5.69 Å². The fourth-order valence-corrected chi connectivity index (χ4v) is 4.51. The van der Waals surface area contributed by atoms with E-state index in [2.05, 4.69) is 12.2 Å². The van der Waals surface area contributed by atoms with Crippen molar-refractivity contribution in [3.05, 3.63) is 64.4 Å². The monoisotopic (exact) mass is 465 g/mol. The Labute approximate surface area is 196 Å². The molecule has 33 heavy (non-hydrogen) atoms. The van der Waals surface area contributed by atoms with Crippen LogP contribution in [0.15, 0.2) is 62.9 Å². The molecule has 8 heteroatoms. The standard InChI is InChI=1S/C25H27N3O4S/c1-3-17-10-5-7-12-19(17)26-21(29)16-33-25-27-22-18-11-6-8-13-20(18)32-23(22)24(30)28(25)14-9-15-31-4-2/h5-8,10-13H,3-4,9,14-16H2,1-2H3,(H,26,29). The van der Waals surface area contributed by atoms with Crippen LogP contribution >= 0.6 is 11.8 Å². The molecule has 0 atom stereocenters. The molecule has 7 nitrogen and oxygen atoms in total. The lowest BCUT2D eigenvalue weighted by Crippen LogP contribution is -2.24. The predicted molar refractivity (Wildman–Crippen MR) is 132 cm³/mol. The van der Waals surface area contributed by atoms with Gasteiger partial charge in [-0.15, -0.1) is 0 Å². The molecule has 2 aromatic heterocycles. The van der Waals surface area contributed by atoms with Crippen LogP contribution in [-0.2, 0) is 22.5 Å². The molecule has 0 aliphatic rings. The number of rotatable bonds is 10. The Bertz CT molecular complexity index is 1330. The van der Waals surface area contributed by atoms with Crippen LogP contribution in [0.25, 0.3) is 22.1 Å². The SMILES string of the molecule is CCOCCCn1c(SCC(=O)Nc2ccccc2CC)nc2c(oc3ccccc32)c1=O. The lowest BCUT2D eigenvalue weighted by molar-refractivity contribution is -0.113. The van der Waals surface area contributed by atoms with E-state index in [1.54, 1.807) is 4.57 Å². The number of nitrogens with one attached hydrogen (secondary N) is 1. The molecule has 4 rings (SSSR count). The molecule has 2 aromatic carbocycles. The van der Waals surface area contributed by atoms with Crippen molar-refractivity contribution in [1.29, 1.82) is 0 Å². The molecule has 0 saturated carbocycles. The molecule has 0 unspecified atom stereocenters. The number of hydrogen-bond acceptors (Lipinski definition) is 6. The zero-order valence-corrected chi connectivity index (χ0v) is 19.6. The van der Waals surface area contributed by atoms with Crippen molar-refractivity contribution >= 4 is 45.4 Å². The molecular formula is C25H27N3O4S. The molecule has 0 aliphatic heterocycles. The van der Waals surface area contributed by atoms with Gasteiger partial charge in [-0.1, -0.05) is 49.0 Å². The van der Waals surface area contributed by atoms with E-state index < -0.39 is 0 Å². The van der Waals surface area contributed by atoms with Crippen molar-refractivity contribution in [2.75, 3.05) is 24.3 Å². The molecule has 0 radical (unpaired) electrons. The Balaban J connectivity index is 1.62. The summed E-state index contributed by atoms with van der Waals surface area (Å²) in [5.41, 5.74) is 3.02. The average molecular weight is 466 g/mol. The van der Waals surface area contributed by atoms with E-state index in [-0.39, 0.29) is 22.8 Å². The number of benzene rings is 2. The number of carbonyl (C=O) groups is 1. The van der Waals surface area contributed by atoms with Crippen molar-refractivity contribution in [2.45, 2.75) is 38.4 Å². The Morgan fingerprint density at radius 2 is 1.94 bits per heavy atom. The predicted octanol–water partition coefficient (Wildman–Crippen LogP) is 4.86. The number of nitrogens with zero attached hydrogens (tertiary/aromatic N) is 2. The second kappa shape index (κ2) is 10.7. The molecule has 0 saturated heterocycles. The molecule has 0 aliphatic carbocycles. The number of para-hydroxylation sites is 2. The summed E-state index contributed by atoms with van der Waals surface area (Å²) in [5.74, 6) is -0.00907. The highest BCUT2D eigenvalue weighted by Crippen LogP contribution is 2.27. The Morgan fingerprint density at radius 3 is 2.76 bits per heavy atom. The van der Waals surface area contributed by atoms with Gasteiger partial charge in [0.25, 0.3) is 5.56 Å². The van der Waals surface area contributed by atoms with Gasteiger partial charge < -0.3 is 14.5 Å². The van der Waals surface area contributed by atoms with E-state index in [1.807, 2.05) is 55.5 Å². The summed E-state index contributed by atoms with van der Waals surface area (Å²) >= 11 is 1.25. The molecule has 1 amide bonds. The molecule has 0 fully saturated rings. The van der Waals surface area contributed by atoms with Gasteiger partial charge in [0.05, 0.1) is 5.75 Å². The second-order valence-electron chi connectivity index (χ2n) is 7.53. The second-order valence-corrected chi connectivity index (χ2v) is 8.47. The first-order chi connectivity index (χ1) is 16.1. The summed E-state index contributed by atoms with van der Waals surface area (Å²) < 4.78 is 12.8. The highest BCUT2D eigenvalue weighted by atomic mass is 32.2. The third kappa shape index (κ3) is 5.12. The first-order valence-electron chi connectivity index (χ1n) is 11.1. The zero-order chi connectivity index (χ0) is 23.2. The van der Waals surface area contributed by atoms with Crippen molar-refractivity contribution in [3.63, 3.8) is 0 Å². The maximum atomic E-state index is 13.3. The highest BCUT2D eigenvalue weighted by molar-refractivity contribution is 7.99. The van der Waals surface area contributed by atoms with Crippen molar-refractivity contribution in [1.82, 2.24) is 9.55 Å². The molecular weight excluding hydrogens is 438 g/mol. The Morgan fingerprint density at radius 1 is 1.15 bits per heavy atom. The fourth-order valence-electron chi connectivity index (χ4n) is 3.70. The van der Waals surface area contributed by atoms with Crippen molar-refractivity contribution < 1.29 is 13.9 Å². The third-order valence-corrected chi connectivity index (χ3v) is 6.30. The summed E-state index contributed by atoms with van der Waals surface area (Å²) in [4.78, 5) is 30.7. The van der Waals surface area contributed by atoms with E-state index in [4.69, 9.17) is 14.1 Å². The van der Waals surface area contributed by atoms with E-state index >= 15 is 0 Å². The summed E-state index contributed by atoms with van der Waals surface area (Å²) in [7, 11) is 0. The maximum Gasteiger partial charge on any atom is 0.297 e. The number of anilines is 1. The number of fused-ring (bicyclic) bond motifs is 3. The summed E-state index contributed by atoms with van der Waals surface area (Å²) in [6.45, 7) is 5.58. The van der Waals surface area contributed by atoms with E-state index in [0.717, 1.165) is 23.1 Å². The minimum atomic E-state index is -0.244. The maximum absolute atomic E-state index is 13.3. The smallest absolute Gasteiger partial charge is 0.297 e. The van der Waals surface area contributed by atoms with Crippen LogP contribution in [0.2, 0.25) is 0 Å². The number of thioether (sulfide) groups is 1. The molecule has 0 bridgehead atoms. The third-order valence-electron chi connectivity index (χ3n) is 5.33. The topological polar surface area (TPSA) is 86.4 Å². The van der Waals surface area contributed by atoms with Gasteiger partial charge in [0.1, 0.15) is 11.1 Å². The van der Waals surface area contributed by atoms with Gasteiger partial charge in [-0.25, -0.2) is 4.98 Å². The average Bonchev–Trinajstić information content (AvgIpc) is 3.21. The van der Waals surface area contributed by atoms with Gasteiger partial charge in [0.2, 0.25) is 11.5 Å². The van der Waals surface area contributed by atoms with Crippen LogP contribution in [0.5, 0.6) is 0 Å². The van der Waals surface area contributed by atoms with Crippen LogP contribution < -0.4 is 10.9 Å². The highest BCUT2D eigenvalue weighted by Gasteiger charge is 2.18. The number of carbonyl (C=O) groups excluding carboxylic acids is 1.